The quantitative estimate of drug-likeness (QED) is 0.814. The zero-order valence-corrected chi connectivity index (χ0v) is 10.5. The molecule has 1 N–H and O–H groups in total. The Hall–Kier alpha value is -1.35. The lowest BCUT2D eigenvalue weighted by atomic mass is 9.92. The van der Waals surface area contributed by atoms with Crippen molar-refractivity contribution >= 4 is 10.9 Å². The Morgan fingerprint density at radius 3 is 3.00 bits per heavy atom. The predicted molar refractivity (Wildman–Crippen MR) is 69.9 cm³/mol. The van der Waals surface area contributed by atoms with Gasteiger partial charge in [-0.15, -0.1) is 0 Å². The van der Waals surface area contributed by atoms with E-state index in [1.54, 1.807) is 0 Å². The Labute approximate surface area is 102 Å². The number of aromatic nitrogens is 2. The molecule has 1 saturated heterocycles. The van der Waals surface area contributed by atoms with E-state index in [2.05, 4.69) is 35.5 Å². The molecule has 3 nitrogen and oxygen atoms in total. The number of hydrogen-bond acceptors (Lipinski definition) is 2. The first-order valence-corrected chi connectivity index (χ1v) is 6.39. The standard InChI is InChI=1S/C14H19N3/c1-10-3-5-13(15-8-10)11-4-6-14-12(7-11)9-16-17(14)2/h4,6-7,9-10,13,15H,3,5,8H2,1-2H3/t10-,13+/m0/s1. The van der Waals surface area contributed by atoms with E-state index in [4.69, 9.17) is 0 Å². The van der Waals surface area contributed by atoms with Gasteiger partial charge in [-0.3, -0.25) is 4.68 Å². The summed E-state index contributed by atoms with van der Waals surface area (Å²) in [5, 5.41) is 9.16. The molecule has 1 fully saturated rings. The van der Waals surface area contributed by atoms with Gasteiger partial charge >= 0.3 is 0 Å². The molecular weight excluding hydrogens is 210 g/mol. The predicted octanol–water partition coefficient (Wildman–Crippen LogP) is 2.63. The van der Waals surface area contributed by atoms with Gasteiger partial charge in [-0.2, -0.15) is 5.10 Å². The van der Waals surface area contributed by atoms with E-state index >= 15 is 0 Å². The van der Waals surface area contributed by atoms with Gasteiger partial charge in [0.25, 0.3) is 0 Å². The van der Waals surface area contributed by atoms with Gasteiger partial charge in [-0.05, 0) is 43.0 Å². The number of rotatable bonds is 1. The van der Waals surface area contributed by atoms with Crippen molar-refractivity contribution in [2.75, 3.05) is 6.54 Å². The first kappa shape index (κ1) is 10.8. The second-order valence-electron chi connectivity index (χ2n) is 5.23. The topological polar surface area (TPSA) is 29.9 Å². The van der Waals surface area contributed by atoms with E-state index in [1.807, 2.05) is 17.9 Å². The highest BCUT2D eigenvalue weighted by Gasteiger charge is 2.19. The summed E-state index contributed by atoms with van der Waals surface area (Å²) in [6.07, 6.45) is 4.51. The fourth-order valence-corrected chi connectivity index (χ4v) is 2.68. The highest BCUT2D eigenvalue weighted by atomic mass is 15.2. The van der Waals surface area contributed by atoms with E-state index in [9.17, 15) is 0 Å². The summed E-state index contributed by atoms with van der Waals surface area (Å²) < 4.78 is 1.93. The number of hydrogen-bond donors (Lipinski definition) is 1. The van der Waals surface area contributed by atoms with Gasteiger partial charge in [0.2, 0.25) is 0 Å². The van der Waals surface area contributed by atoms with Gasteiger partial charge in [-0.1, -0.05) is 13.0 Å². The number of nitrogens with zero attached hydrogens (tertiary/aromatic N) is 2. The molecule has 1 aromatic carbocycles. The van der Waals surface area contributed by atoms with Crippen LogP contribution < -0.4 is 5.32 Å². The molecular formula is C14H19N3. The molecule has 0 radical (unpaired) electrons. The van der Waals surface area contributed by atoms with Gasteiger partial charge < -0.3 is 5.32 Å². The molecule has 2 aromatic rings. The van der Waals surface area contributed by atoms with Gasteiger partial charge in [-0.25, -0.2) is 0 Å². The lowest BCUT2D eigenvalue weighted by Gasteiger charge is -2.28. The van der Waals surface area contributed by atoms with Crippen molar-refractivity contribution < 1.29 is 0 Å². The summed E-state index contributed by atoms with van der Waals surface area (Å²) in [5.74, 6) is 0.813. The third kappa shape index (κ3) is 1.95. The van der Waals surface area contributed by atoms with E-state index in [0.29, 0.717) is 6.04 Å². The van der Waals surface area contributed by atoms with Crippen molar-refractivity contribution in [3.8, 4) is 0 Å². The monoisotopic (exact) mass is 229 g/mol. The molecule has 0 unspecified atom stereocenters. The number of aryl methyl sites for hydroxylation is 1. The Morgan fingerprint density at radius 2 is 2.24 bits per heavy atom. The summed E-state index contributed by atoms with van der Waals surface area (Å²) in [4.78, 5) is 0. The number of nitrogens with one attached hydrogen (secondary N) is 1. The smallest absolute Gasteiger partial charge is 0.0679 e. The van der Waals surface area contributed by atoms with Crippen LogP contribution in [0.2, 0.25) is 0 Å². The van der Waals surface area contributed by atoms with Gasteiger partial charge in [0, 0.05) is 18.5 Å². The van der Waals surface area contributed by atoms with Crippen molar-refractivity contribution in [2.45, 2.75) is 25.8 Å². The summed E-state index contributed by atoms with van der Waals surface area (Å²) in [7, 11) is 1.99. The third-order valence-corrected chi connectivity index (χ3v) is 3.83. The minimum atomic E-state index is 0.524. The van der Waals surface area contributed by atoms with Crippen molar-refractivity contribution in [1.82, 2.24) is 15.1 Å². The average Bonchev–Trinajstić information content (AvgIpc) is 2.72. The largest absolute Gasteiger partial charge is 0.310 e. The Kier molecular flexibility index (Phi) is 2.63. The molecule has 1 aliphatic rings. The van der Waals surface area contributed by atoms with Crippen LogP contribution in [0.4, 0.5) is 0 Å². The first-order chi connectivity index (χ1) is 8.24. The molecule has 17 heavy (non-hydrogen) atoms. The lowest BCUT2D eigenvalue weighted by Crippen LogP contribution is -2.31. The number of fused-ring (bicyclic) bond motifs is 1. The van der Waals surface area contributed by atoms with E-state index in [0.717, 1.165) is 12.5 Å². The summed E-state index contributed by atoms with van der Waals surface area (Å²) >= 11 is 0. The van der Waals surface area contributed by atoms with Crippen molar-refractivity contribution in [3.63, 3.8) is 0 Å². The Bertz CT molecular complexity index is 521. The van der Waals surface area contributed by atoms with Crippen LogP contribution in [0, 0.1) is 5.92 Å². The Balaban J connectivity index is 1.90. The van der Waals surface area contributed by atoms with Gasteiger partial charge in [0.15, 0.2) is 0 Å². The van der Waals surface area contributed by atoms with Crippen molar-refractivity contribution in [3.05, 3.63) is 30.0 Å². The molecule has 0 bridgehead atoms. The summed E-state index contributed by atoms with van der Waals surface area (Å²) in [5.41, 5.74) is 2.61. The minimum absolute atomic E-state index is 0.524. The molecule has 90 valence electrons. The molecule has 3 heteroatoms. The zero-order chi connectivity index (χ0) is 11.8. The summed E-state index contributed by atoms with van der Waals surface area (Å²) in [6.45, 7) is 3.45. The maximum atomic E-state index is 4.29. The third-order valence-electron chi connectivity index (χ3n) is 3.83. The van der Waals surface area contributed by atoms with E-state index in [-0.39, 0.29) is 0 Å². The normalized spacial score (nSPS) is 25.3. The molecule has 1 aliphatic heterocycles. The van der Waals surface area contributed by atoms with Crippen LogP contribution in [-0.4, -0.2) is 16.3 Å². The van der Waals surface area contributed by atoms with Crippen molar-refractivity contribution in [2.24, 2.45) is 13.0 Å². The zero-order valence-electron chi connectivity index (χ0n) is 10.5. The van der Waals surface area contributed by atoms with Crippen LogP contribution in [0.15, 0.2) is 24.4 Å². The minimum Gasteiger partial charge on any atom is -0.310 e. The number of piperidine rings is 1. The van der Waals surface area contributed by atoms with Gasteiger partial charge in [0.05, 0.1) is 11.7 Å². The molecule has 3 rings (SSSR count). The highest BCUT2D eigenvalue weighted by molar-refractivity contribution is 5.79. The van der Waals surface area contributed by atoms with Crippen molar-refractivity contribution in [1.29, 1.82) is 0 Å². The molecule has 1 aromatic heterocycles. The molecule has 0 spiro atoms. The molecule has 2 atom stereocenters. The van der Waals surface area contributed by atoms with Crippen LogP contribution in [0.3, 0.4) is 0 Å². The van der Waals surface area contributed by atoms with E-state index < -0.39 is 0 Å². The molecule has 0 saturated carbocycles. The Morgan fingerprint density at radius 1 is 1.35 bits per heavy atom. The fraction of sp³-hybridized carbons (Fsp3) is 0.500. The van der Waals surface area contributed by atoms with Crippen LogP contribution >= 0.6 is 0 Å². The second-order valence-corrected chi connectivity index (χ2v) is 5.23. The van der Waals surface area contributed by atoms with Crippen LogP contribution in [0.25, 0.3) is 10.9 Å². The van der Waals surface area contributed by atoms with E-state index in [1.165, 1.54) is 29.3 Å². The van der Waals surface area contributed by atoms with Gasteiger partial charge in [0.1, 0.15) is 0 Å². The van der Waals surface area contributed by atoms with Crippen LogP contribution in [0.5, 0.6) is 0 Å². The molecule has 0 amide bonds. The SMILES string of the molecule is C[C@H]1CC[C@H](c2ccc3c(cnn3C)c2)NC1. The maximum absolute atomic E-state index is 4.29. The average molecular weight is 229 g/mol. The second kappa shape index (κ2) is 4.15. The lowest BCUT2D eigenvalue weighted by molar-refractivity contribution is 0.333. The number of benzene rings is 1. The molecule has 2 heterocycles. The fourth-order valence-electron chi connectivity index (χ4n) is 2.68. The highest BCUT2D eigenvalue weighted by Crippen LogP contribution is 2.27. The molecule has 0 aliphatic carbocycles. The first-order valence-electron chi connectivity index (χ1n) is 6.39. The van der Waals surface area contributed by atoms with Crippen LogP contribution in [-0.2, 0) is 7.05 Å². The van der Waals surface area contributed by atoms with Crippen LogP contribution in [0.1, 0.15) is 31.4 Å². The maximum Gasteiger partial charge on any atom is 0.0679 e. The summed E-state index contributed by atoms with van der Waals surface area (Å²) in [6, 6.07) is 7.21.